The third-order valence-electron chi connectivity index (χ3n) is 4.79. The summed E-state index contributed by atoms with van der Waals surface area (Å²) in [7, 11) is 0. The van der Waals surface area contributed by atoms with Crippen molar-refractivity contribution in [1.82, 2.24) is 4.90 Å². The lowest BCUT2D eigenvalue weighted by Gasteiger charge is -2.35. The number of aliphatic carboxylic acids is 1. The minimum Gasteiger partial charge on any atom is -0.479 e. The van der Waals surface area contributed by atoms with E-state index in [1.165, 1.54) is 12.8 Å². The monoisotopic (exact) mass is 267 g/mol. The van der Waals surface area contributed by atoms with Crippen molar-refractivity contribution >= 4 is 11.9 Å². The molecule has 1 heterocycles. The van der Waals surface area contributed by atoms with Crippen molar-refractivity contribution < 1.29 is 14.7 Å². The molecule has 1 N–H and O–H groups in total. The molecular formula is C15H25NO3. The number of carboxylic acid groups (broad SMARTS) is 1. The summed E-state index contributed by atoms with van der Waals surface area (Å²) in [6, 6.07) is 0. The van der Waals surface area contributed by atoms with Crippen molar-refractivity contribution in [2.75, 3.05) is 6.54 Å². The van der Waals surface area contributed by atoms with Crippen LogP contribution in [0.4, 0.5) is 0 Å². The predicted molar refractivity (Wildman–Crippen MR) is 72.8 cm³/mol. The van der Waals surface area contributed by atoms with E-state index >= 15 is 0 Å². The lowest BCUT2D eigenvalue weighted by Crippen LogP contribution is -2.53. The first-order valence-corrected chi connectivity index (χ1v) is 7.64. The van der Waals surface area contributed by atoms with Crippen LogP contribution in [0.5, 0.6) is 0 Å². The van der Waals surface area contributed by atoms with Crippen LogP contribution < -0.4 is 0 Å². The summed E-state index contributed by atoms with van der Waals surface area (Å²) < 4.78 is 0. The Morgan fingerprint density at radius 2 is 1.95 bits per heavy atom. The van der Waals surface area contributed by atoms with Crippen LogP contribution in [0.2, 0.25) is 0 Å². The van der Waals surface area contributed by atoms with Gasteiger partial charge in [0.1, 0.15) is 5.54 Å². The maximum Gasteiger partial charge on any atom is 0.329 e. The molecule has 2 rings (SSSR count). The highest BCUT2D eigenvalue weighted by Crippen LogP contribution is 2.36. The predicted octanol–water partition coefficient (Wildman–Crippen LogP) is 2.81. The zero-order valence-electron chi connectivity index (χ0n) is 11.9. The molecule has 1 aliphatic carbocycles. The number of carbonyl (C=O) groups excluding carboxylic acids is 1. The van der Waals surface area contributed by atoms with Gasteiger partial charge in [0.25, 0.3) is 0 Å². The summed E-state index contributed by atoms with van der Waals surface area (Å²) in [6.45, 7) is 2.61. The molecule has 1 atom stereocenters. The molecule has 4 nitrogen and oxygen atoms in total. The average molecular weight is 267 g/mol. The number of hydrogen-bond donors (Lipinski definition) is 1. The third kappa shape index (κ3) is 2.77. The molecule has 0 aromatic heterocycles. The molecule has 2 fully saturated rings. The summed E-state index contributed by atoms with van der Waals surface area (Å²) in [6.07, 6.45) is 8.08. The molecule has 1 saturated carbocycles. The second-order valence-electron chi connectivity index (χ2n) is 6.09. The van der Waals surface area contributed by atoms with Crippen LogP contribution in [0.25, 0.3) is 0 Å². The molecule has 19 heavy (non-hydrogen) atoms. The molecule has 1 amide bonds. The molecule has 0 aromatic carbocycles. The average Bonchev–Trinajstić information content (AvgIpc) is 2.99. The minimum atomic E-state index is -0.912. The number of likely N-dealkylation sites (tertiary alicyclic amines) is 1. The van der Waals surface area contributed by atoms with E-state index in [1.54, 1.807) is 4.90 Å². The van der Waals surface area contributed by atoms with Crippen LogP contribution in [-0.4, -0.2) is 34.0 Å². The molecule has 0 radical (unpaired) electrons. The van der Waals surface area contributed by atoms with E-state index in [0.717, 1.165) is 25.7 Å². The summed E-state index contributed by atoms with van der Waals surface area (Å²) in [5, 5.41) is 9.58. The molecular weight excluding hydrogens is 242 g/mol. The first-order chi connectivity index (χ1) is 9.10. The number of rotatable bonds is 5. The van der Waals surface area contributed by atoms with Crippen LogP contribution in [0.3, 0.4) is 0 Å². The van der Waals surface area contributed by atoms with E-state index < -0.39 is 11.5 Å². The lowest BCUT2D eigenvalue weighted by molar-refractivity contribution is -0.157. The highest BCUT2D eigenvalue weighted by molar-refractivity contribution is 5.87. The molecule has 1 saturated heterocycles. The van der Waals surface area contributed by atoms with Gasteiger partial charge in [-0.1, -0.05) is 26.2 Å². The van der Waals surface area contributed by atoms with E-state index in [1.807, 2.05) is 6.92 Å². The largest absolute Gasteiger partial charge is 0.479 e. The van der Waals surface area contributed by atoms with Crippen LogP contribution >= 0.6 is 0 Å². The van der Waals surface area contributed by atoms with Crippen molar-refractivity contribution in [3.05, 3.63) is 0 Å². The second kappa shape index (κ2) is 5.93. The number of nitrogens with zero attached hydrogens (tertiary/aromatic N) is 1. The van der Waals surface area contributed by atoms with Gasteiger partial charge in [-0.2, -0.15) is 0 Å². The van der Waals surface area contributed by atoms with Crippen molar-refractivity contribution in [3.8, 4) is 0 Å². The Labute approximate surface area is 115 Å². The van der Waals surface area contributed by atoms with Gasteiger partial charge in [0.05, 0.1) is 0 Å². The fourth-order valence-electron chi connectivity index (χ4n) is 3.82. The summed E-state index contributed by atoms with van der Waals surface area (Å²) in [5.41, 5.74) is -0.912. The van der Waals surface area contributed by atoms with E-state index in [0.29, 0.717) is 31.7 Å². The number of hydrogen-bond acceptors (Lipinski definition) is 2. The normalized spacial score (nSPS) is 27.9. The molecule has 0 bridgehead atoms. The van der Waals surface area contributed by atoms with Crippen molar-refractivity contribution in [2.24, 2.45) is 5.92 Å². The van der Waals surface area contributed by atoms with Gasteiger partial charge in [0, 0.05) is 13.0 Å². The molecule has 1 aliphatic heterocycles. The summed E-state index contributed by atoms with van der Waals surface area (Å²) >= 11 is 0. The van der Waals surface area contributed by atoms with Gasteiger partial charge in [0.2, 0.25) is 5.91 Å². The number of carbonyl (C=O) groups is 2. The zero-order valence-corrected chi connectivity index (χ0v) is 11.9. The van der Waals surface area contributed by atoms with E-state index in [4.69, 9.17) is 0 Å². The van der Waals surface area contributed by atoms with Gasteiger partial charge in [0.15, 0.2) is 0 Å². The maximum absolute atomic E-state index is 12.5. The molecule has 2 aliphatic rings. The van der Waals surface area contributed by atoms with E-state index in [2.05, 4.69) is 0 Å². The number of carboxylic acids is 1. The molecule has 4 heteroatoms. The van der Waals surface area contributed by atoms with Crippen LogP contribution in [0.15, 0.2) is 0 Å². The third-order valence-corrected chi connectivity index (χ3v) is 4.79. The lowest BCUT2D eigenvalue weighted by atomic mass is 9.90. The van der Waals surface area contributed by atoms with E-state index in [9.17, 15) is 14.7 Å². The standard InChI is InChI=1S/C15H25NO3/c1-2-8-15(14(18)19)9-5-10-16(15)13(17)11-12-6-3-4-7-12/h12H,2-11H2,1H3,(H,18,19). The van der Waals surface area contributed by atoms with E-state index in [-0.39, 0.29) is 5.91 Å². The molecule has 108 valence electrons. The summed E-state index contributed by atoms with van der Waals surface area (Å²) in [4.78, 5) is 25.8. The Morgan fingerprint density at radius 1 is 1.26 bits per heavy atom. The van der Waals surface area contributed by atoms with Crippen LogP contribution in [0, 0.1) is 5.92 Å². The fourth-order valence-corrected chi connectivity index (χ4v) is 3.82. The second-order valence-corrected chi connectivity index (χ2v) is 6.09. The highest BCUT2D eigenvalue weighted by atomic mass is 16.4. The zero-order chi connectivity index (χ0) is 13.9. The van der Waals surface area contributed by atoms with Crippen LogP contribution in [0.1, 0.15) is 64.7 Å². The Hall–Kier alpha value is -1.06. The molecule has 0 spiro atoms. The van der Waals surface area contributed by atoms with Gasteiger partial charge >= 0.3 is 5.97 Å². The van der Waals surface area contributed by atoms with Crippen molar-refractivity contribution in [3.63, 3.8) is 0 Å². The first kappa shape index (κ1) is 14.4. The van der Waals surface area contributed by atoms with Gasteiger partial charge in [-0.15, -0.1) is 0 Å². The van der Waals surface area contributed by atoms with Gasteiger partial charge in [-0.05, 0) is 38.0 Å². The van der Waals surface area contributed by atoms with Gasteiger partial charge < -0.3 is 10.0 Å². The Bertz CT molecular complexity index is 349. The summed E-state index contributed by atoms with van der Waals surface area (Å²) in [5.74, 6) is -0.256. The smallest absolute Gasteiger partial charge is 0.329 e. The highest BCUT2D eigenvalue weighted by Gasteiger charge is 2.49. The van der Waals surface area contributed by atoms with Crippen molar-refractivity contribution in [1.29, 1.82) is 0 Å². The number of amides is 1. The molecule has 1 unspecified atom stereocenters. The topological polar surface area (TPSA) is 57.6 Å². The quantitative estimate of drug-likeness (QED) is 0.833. The Kier molecular flexibility index (Phi) is 4.48. The molecule has 0 aromatic rings. The minimum absolute atomic E-state index is 0.0697. The maximum atomic E-state index is 12.5. The Balaban J connectivity index is 2.07. The Morgan fingerprint density at radius 3 is 2.53 bits per heavy atom. The van der Waals surface area contributed by atoms with Gasteiger partial charge in [-0.25, -0.2) is 4.79 Å². The fraction of sp³-hybridized carbons (Fsp3) is 0.867. The SMILES string of the molecule is CCCC1(C(=O)O)CCCN1C(=O)CC1CCCC1. The first-order valence-electron chi connectivity index (χ1n) is 7.64. The van der Waals surface area contributed by atoms with Crippen molar-refractivity contribution in [2.45, 2.75) is 70.3 Å². The van der Waals surface area contributed by atoms with Gasteiger partial charge in [-0.3, -0.25) is 4.79 Å². The van der Waals surface area contributed by atoms with Crippen LogP contribution in [-0.2, 0) is 9.59 Å².